The van der Waals surface area contributed by atoms with Gasteiger partial charge >= 0.3 is 0 Å². The number of ketones is 1. The minimum atomic E-state index is 0.181. The molecule has 118 valence electrons. The maximum atomic E-state index is 12.7. The zero-order valence-electron chi connectivity index (χ0n) is 13.6. The largest absolute Gasteiger partial charge is 0.497 e. The number of H-pyrrole nitrogens is 1. The zero-order valence-corrected chi connectivity index (χ0v) is 13.6. The second-order valence-corrected chi connectivity index (χ2v) is 6.68. The van der Waals surface area contributed by atoms with Crippen molar-refractivity contribution < 1.29 is 9.53 Å². The van der Waals surface area contributed by atoms with Crippen LogP contribution in [0.15, 0.2) is 24.4 Å². The fraction of sp³-hybridized carbons (Fsp3) is 0.500. The highest BCUT2D eigenvalue weighted by Crippen LogP contribution is 2.25. The first-order valence-corrected chi connectivity index (χ1v) is 7.97. The van der Waals surface area contributed by atoms with Crippen LogP contribution in [-0.2, 0) is 0 Å². The third-order valence-electron chi connectivity index (χ3n) is 4.50. The molecule has 0 radical (unpaired) electrons. The van der Waals surface area contributed by atoms with Crippen molar-refractivity contribution in [1.29, 1.82) is 0 Å². The second kappa shape index (κ2) is 6.13. The number of piperidine rings is 1. The molecular weight excluding hydrogens is 276 g/mol. The summed E-state index contributed by atoms with van der Waals surface area (Å²) in [5, 5.41) is 0.947. The number of ether oxygens (including phenoxy) is 1. The maximum absolute atomic E-state index is 12.7. The number of rotatable bonds is 4. The molecular formula is C18H24N2O2. The van der Waals surface area contributed by atoms with Crippen LogP contribution in [0.3, 0.4) is 0 Å². The lowest BCUT2D eigenvalue weighted by molar-refractivity contribution is 0.0851. The molecule has 0 amide bonds. The topological polar surface area (TPSA) is 45.3 Å². The smallest absolute Gasteiger partial charge is 0.178 e. The Labute approximate surface area is 131 Å². The van der Waals surface area contributed by atoms with E-state index in [0.29, 0.717) is 18.4 Å². The Morgan fingerprint density at radius 1 is 1.32 bits per heavy atom. The summed E-state index contributed by atoms with van der Waals surface area (Å²) in [5.41, 5.74) is 1.74. The monoisotopic (exact) mass is 300 g/mol. The average molecular weight is 300 g/mol. The van der Waals surface area contributed by atoms with Gasteiger partial charge in [0.15, 0.2) is 5.78 Å². The van der Waals surface area contributed by atoms with Gasteiger partial charge in [0, 0.05) is 35.8 Å². The van der Waals surface area contributed by atoms with Gasteiger partial charge in [0.25, 0.3) is 0 Å². The Hall–Kier alpha value is -1.81. The first kappa shape index (κ1) is 15.1. The Morgan fingerprint density at radius 2 is 2.05 bits per heavy atom. The molecule has 3 rings (SSSR count). The van der Waals surface area contributed by atoms with Crippen LogP contribution in [0.4, 0.5) is 0 Å². The van der Waals surface area contributed by atoms with Crippen LogP contribution in [0, 0.1) is 11.8 Å². The highest BCUT2D eigenvalue weighted by molar-refractivity contribution is 6.09. The van der Waals surface area contributed by atoms with Crippen LogP contribution in [0.1, 0.15) is 30.6 Å². The normalized spacial score (nSPS) is 22.9. The summed E-state index contributed by atoms with van der Waals surface area (Å²) in [6.07, 6.45) is 3.08. The van der Waals surface area contributed by atoms with E-state index in [1.807, 2.05) is 24.4 Å². The van der Waals surface area contributed by atoms with Gasteiger partial charge in [0.2, 0.25) is 0 Å². The van der Waals surface area contributed by atoms with Crippen LogP contribution in [0.25, 0.3) is 10.9 Å². The molecule has 1 N–H and O–H groups in total. The number of carbonyl (C=O) groups excluding carboxylic acids is 1. The first-order chi connectivity index (χ1) is 10.6. The molecule has 0 aliphatic carbocycles. The molecule has 1 aliphatic rings. The summed E-state index contributed by atoms with van der Waals surface area (Å²) >= 11 is 0. The number of likely N-dealkylation sites (tertiary alicyclic amines) is 1. The molecule has 4 heteroatoms. The minimum absolute atomic E-state index is 0.181. The number of benzene rings is 1. The molecule has 1 fully saturated rings. The summed E-state index contributed by atoms with van der Waals surface area (Å²) in [6.45, 7) is 7.07. The molecule has 2 aromatic rings. The van der Waals surface area contributed by atoms with Crippen molar-refractivity contribution in [3.05, 3.63) is 30.0 Å². The summed E-state index contributed by atoms with van der Waals surface area (Å²) < 4.78 is 5.27. The van der Waals surface area contributed by atoms with E-state index in [9.17, 15) is 4.79 Å². The van der Waals surface area contributed by atoms with Crippen molar-refractivity contribution in [2.75, 3.05) is 26.7 Å². The molecule has 22 heavy (non-hydrogen) atoms. The number of hydrogen-bond donors (Lipinski definition) is 1. The Kier molecular flexibility index (Phi) is 4.21. The molecule has 2 heterocycles. The summed E-state index contributed by atoms with van der Waals surface area (Å²) in [7, 11) is 1.64. The summed E-state index contributed by atoms with van der Waals surface area (Å²) in [6, 6.07) is 5.79. The lowest BCUT2D eigenvalue weighted by Crippen LogP contribution is -2.41. The van der Waals surface area contributed by atoms with Crippen LogP contribution in [0.5, 0.6) is 5.75 Å². The number of nitrogens with one attached hydrogen (secondary N) is 1. The van der Waals surface area contributed by atoms with Crippen LogP contribution < -0.4 is 4.74 Å². The summed E-state index contributed by atoms with van der Waals surface area (Å²) in [4.78, 5) is 18.2. The Balaban J connectivity index is 1.80. The third-order valence-corrected chi connectivity index (χ3v) is 4.50. The number of aromatic amines is 1. The van der Waals surface area contributed by atoms with Crippen molar-refractivity contribution in [2.45, 2.75) is 20.3 Å². The molecule has 0 saturated carbocycles. The van der Waals surface area contributed by atoms with E-state index in [2.05, 4.69) is 23.7 Å². The Morgan fingerprint density at radius 3 is 2.73 bits per heavy atom. The maximum Gasteiger partial charge on any atom is 0.178 e. The van der Waals surface area contributed by atoms with Crippen LogP contribution >= 0.6 is 0 Å². The van der Waals surface area contributed by atoms with Crippen molar-refractivity contribution in [1.82, 2.24) is 9.88 Å². The van der Waals surface area contributed by atoms with Gasteiger partial charge in [-0.3, -0.25) is 9.69 Å². The van der Waals surface area contributed by atoms with E-state index in [1.54, 1.807) is 7.11 Å². The van der Waals surface area contributed by atoms with E-state index in [0.717, 1.165) is 35.3 Å². The molecule has 1 aromatic heterocycles. The lowest BCUT2D eigenvalue weighted by Gasteiger charge is -2.34. The SMILES string of the molecule is COc1ccc2[nH]cc(C(=O)CN3C[C@@H](C)C[C@H](C)C3)c2c1. The van der Waals surface area contributed by atoms with Gasteiger partial charge in [0.05, 0.1) is 13.7 Å². The number of Topliss-reactive ketones (excluding diaryl/α,β-unsaturated/α-hetero) is 1. The van der Waals surface area contributed by atoms with Crippen LogP contribution in [-0.4, -0.2) is 42.4 Å². The highest BCUT2D eigenvalue weighted by Gasteiger charge is 2.24. The van der Waals surface area contributed by atoms with E-state index in [4.69, 9.17) is 4.74 Å². The summed E-state index contributed by atoms with van der Waals surface area (Å²) in [5.74, 6) is 2.29. The first-order valence-electron chi connectivity index (χ1n) is 7.97. The molecule has 2 atom stereocenters. The van der Waals surface area contributed by atoms with Gasteiger partial charge < -0.3 is 9.72 Å². The predicted molar refractivity (Wildman–Crippen MR) is 88.6 cm³/mol. The lowest BCUT2D eigenvalue weighted by atomic mass is 9.91. The number of carbonyl (C=O) groups is 1. The Bertz CT molecular complexity index is 667. The van der Waals surface area contributed by atoms with Gasteiger partial charge in [-0.05, 0) is 36.5 Å². The van der Waals surface area contributed by atoms with Crippen molar-refractivity contribution in [3.8, 4) is 5.75 Å². The van der Waals surface area contributed by atoms with Gasteiger partial charge in [0.1, 0.15) is 5.75 Å². The number of nitrogens with zero attached hydrogens (tertiary/aromatic N) is 1. The van der Waals surface area contributed by atoms with Gasteiger partial charge in [-0.25, -0.2) is 0 Å². The molecule has 0 unspecified atom stereocenters. The average Bonchev–Trinajstić information content (AvgIpc) is 2.88. The van der Waals surface area contributed by atoms with E-state index in [1.165, 1.54) is 6.42 Å². The molecule has 4 nitrogen and oxygen atoms in total. The number of hydrogen-bond acceptors (Lipinski definition) is 3. The third kappa shape index (κ3) is 3.02. The molecule has 1 saturated heterocycles. The molecule has 0 bridgehead atoms. The number of methoxy groups -OCH3 is 1. The predicted octanol–water partition coefficient (Wildman–Crippen LogP) is 3.34. The van der Waals surface area contributed by atoms with Gasteiger partial charge in [-0.15, -0.1) is 0 Å². The van der Waals surface area contributed by atoms with E-state index in [-0.39, 0.29) is 5.78 Å². The van der Waals surface area contributed by atoms with Crippen molar-refractivity contribution in [2.24, 2.45) is 11.8 Å². The minimum Gasteiger partial charge on any atom is -0.497 e. The molecule has 0 spiro atoms. The quantitative estimate of drug-likeness (QED) is 0.881. The van der Waals surface area contributed by atoms with Gasteiger partial charge in [-0.1, -0.05) is 13.8 Å². The van der Waals surface area contributed by atoms with E-state index >= 15 is 0 Å². The standard InChI is InChI=1S/C18H24N2O2/c1-12-6-13(2)10-20(9-12)11-18(21)16-8-19-17-5-4-14(22-3)7-15(16)17/h4-5,7-8,12-13,19H,6,9-11H2,1-3H3/t12-,13-/m0/s1. The van der Waals surface area contributed by atoms with Crippen LogP contribution in [0.2, 0.25) is 0 Å². The van der Waals surface area contributed by atoms with E-state index < -0.39 is 0 Å². The van der Waals surface area contributed by atoms with Gasteiger partial charge in [-0.2, -0.15) is 0 Å². The fourth-order valence-electron chi connectivity index (χ4n) is 3.67. The zero-order chi connectivity index (χ0) is 15.7. The van der Waals surface area contributed by atoms with Crippen molar-refractivity contribution >= 4 is 16.7 Å². The molecule has 1 aliphatic heterocycles. The molecule has 1 aromatic carbocycles. The highest BCUT2D eigenvalue weighted by atomic mass is 16.5. The fourth-order valence-corrected chi connectivity index (χ4v) is 3.67. The second-order valence-electron chi connectivity index (χ2n) is 6.68. The number of fused-ring (bicyclic) bond motifs is 1. The van der Waals surface area contributed by atoms with Crippen molar-refractivity contribution in [3.63, 3.8) is 0 Å². The number of aromatic nitrogens is 1.